The van der Waals surface area contributed by atoms with Crippen LogP contribution in [0.25, 0.3) is 0 Å². The number of hydrogen-bond acceptors (Lipinski definition) is 2. The maximum absolute atomic E-state index is 12.6. The van der Waals surface area contributed by atoms with E-state index in [4.69, 9.17) is 4.74 Å². The van der Waals surface area contributed by atoms with Gasteiger partial charge in [0.1, 0.15) is 5.75 Å². The van der Waals surface area contributed by atoms with Gasteiger partial charge in [-0.2, -0.15) is 0 Å². The Kier molecular flexibility index (Phi) is 4.47. The minimum absolute atomic E-state index is 0.364. The van der Waals surface area contributed by atoms with E-state index >= 15 is 0 Å². The molecule has 2 nitrogen and oxygen atoms in total. The summed E-state index contributed by atoms with van der Waals surface area (Å²) in [6.07, 6.45) is 0.821. The molecule has 0 aliphatic carbocycles. The third-order valence-corrected chi connectivity index (χ3v) is 2.33. The molecule has 0 fully saturated rings. The zero-order valence-corrected chi connectivity index (χ0v) is 9.84. The molecule has 0 heterocycles. The quantitative estimate of drug-likeness (QED) is 0.579. The molecule has 0 unspecified atom stereocenters. The van der Waals surface area contributed by atoms with Crippen molar-refractivity contribution in [3.63, 3.8) is 0 Å². The maximum Gasteiger partial charge on any atom is 0.308 e. The number of esters is 1. The van der Waals surface area contributed by atoms with Gasteiger partial charge in [0.15, 0.2) is 0 Å². The summed E-state index contributed by atoms with van der Waals surface area (Å²) in [4.78, 5) is 10.9. The number of carbonyl (C=O) groups is 1. The van der Waals surface area contributed by atoms with Crippen molar-refractivity contribution in [2.24, 2.45) is 0 Å². The van der Waals surface area contributed by atoms with Crippen LogP contribution in [0, 0.1) is 5.92 Å². The normalized spacial score (nSPS) is 10.6. The van der Waals surface area contributed by atoms with Crippen LogP contribution in [-0.2, 0) is 11.2 Å². The number of rotatable bonds is 4. The summed E-state index contributed by atoms with van der Waals surface area (Å²) in [5, 5.41) is 0. The van der Waals surface area contributed by atoms with Crippen LogP contribution in [0.5, 0.6) is 5.75 Å². The molecule has 0 atom stereocenters. The minimum atomic E-state index is -0.493. The molecule has 0 saturated heterocycles. The molecule has 1 aromatic rings. The lowest BCUT2D eigenvalue weighted by Crippen LogP contribution is -2.04. The average molecular weight is 223 g/mol. The Balaban J connectivity index is 3.05. The van der Waals surface area contributed by atoms with Crippen LogP contribution in [-0.4, -0.2) is 12.6 Å². The smallest absolute Gasteiger partial charge is 0.308 e. The van der Waals surface area contributed by atoms with Gasteiger partial charge in [-0.25, -0.2) is 0 Å². The molecule has 3 heteroatoms. The lowest BCUT2D eigenvalue weighted by atomic mass is 9.99. The van der Waals surface area contributed by atoms with Crippen LogP contribution in [0.3, 0.4) is 0 Å². The highest BCUT2D eigenvalue weighted by atomic mass is 19.1. The molecule has 0 aliphatic rings. The molecule has 0 amide bonds. The van der Waals surface area contributed by atoms with Crippen molar-refractivity contribution in [2.75, 3.05) is 6.67 Å². The van der Waals surface area contributed by atoms with E-state index in [0.717, 1.165) is 17.5 Å². The standard InChI is InChI=1S/C13H16FO2/c1-4-11-5-12(9(2)8-14)7-13(6-11)16-10(3)15/h5-7H,4,8H2,1-3H3. The predicted molar refractivity (Wildman–Crippen MR) is 61.1 cm³/mol. The summed E-state index contributed by atoms with van der Waals surface area (Å²) in [6.45, 7) is 4.59. The minimum Gasteiger partial charge on any atom is -0.427 e. The number of halogens is 1. The molecule has 0 aromatic heterocycles. The van der Waals surface area contributed by atoms with Crippen LogP contribution < -0.4 is 4.74 Å². The SMILES string of the molecule is CCc1cc(OC(C)=O)cc([C](C)CF)c1. The topological polar surface area (TPSA) is 26.3 Å². The Morgan fingerprint density at radius 1 is 1.31 bits per heavy atom. The third kappa shape index (κ3) is 3.33. The van der Waals surface area contributed by atoms with Gasteiger partial charge in [0.2, 0.25) is 0 Å². The maximum atomic E-state index is 12.6. The second-order valence-corrected chi connectivity index (χ2v) is 3.73. The largest absolute Gasteiger partial charge is 0.427 e. The van der Waals surface area contributed by atoms with Gasteiger partial charge in [-0.15, -0.1) is 0 Å². The van der Waals surface area contributed by atoms with E-state index in [0.29, 0.717) is 11.7 Å². The van der Waals surface area contributed by atoms with Gasteiger partial charge in [-0.3, -0.25) is 9.18 Å². The Labute approximate surface area is 95.4 Å². The molecule has 0 saturated carbocycles. The van der Waals surface area contributed by atoms with Gasteiger partial charge in [0.05, 0.1) is 6.67 Å². The fraction of sp³-hybridized carbons (Fsp3) is 0.385. The van der Waals surface area contributed by atoms with E-state index in [1.807, 2.05) is 13.0 Å². The molecule has 1 rings (SSSR count). The molecule has 0 aliphatic heterocycles. The lowest BCUT2D eigenvalue weighted by Gasteiger charge is -2.11. The van der Waals surface area contributed by atoms with Crippen LogP contribution >= 0.6 is 0 Å². The zero-order valence-electron chi connectivity index (χ0n) is 9.84. The van der Waals surface area contributed by atoms with E-state index in [9.17, 15) is 9.18 Å². The molecule has 0 bridgehead atoms. The van der Waals surface area contributed by atoms with E-state index < -0.39 is 6.67 Å². The van der Waals surface area contributed by atoms with Gasteiger partial charge < -0.3 is 4.74 Å². The second-order valence-electron chi connectivity index (χ2n) is 3.73. The summed E-state index contributed by atoms with van der Waals surface area (Å²) in [7, 11) is 0. The Morgan fingerprint density at radius 2 is 2.00 bits per heavy atom. The summed E-state index contributed by atoms with van der Waals surface area (Å²) in [5.74, 6) is 0.760. The molecular formula is C13H16FO2. The summed E-state index contributed by atoms with van der Waals surface area (Å²) < 4.78 is 17.6. The first-order valence-corrected chi connectivity index (χ1v) is 5.28. The Morgan fingerprint density at radius 3 is 2.50 bits per heavy atom. The van der Waals surface area contributed by atoms with Crippen molar-refractivity contribution >= 4 is 5.97 Å². The van der Waals surface area contributed by atoms with Crippen molar-refractivity contribution in [1.29, 1.82) is 0 Å². The van der Waals surface area contributed by atoms with E-state index in [1.54, 1.807) is 19.1 Å². The number of carbonyl (C=O) groups excluding carboxylic acids is 1. The number of hydrogen-bond donors (Lipinski definition) is 0. The van der Waals surface area contributed by atoms with E-state index in [1.165, 1.54) is 6.92 Å². The zero-order chi connectivity index (χ0) is 12.1. The monoisotopic (exact) mass is 223 g/mol. The molecule has 0 spiro atoms. The van der Waals surface area contributed by atoms with Crippen molar-refractivity contribution in [3.05, 3.63) is 35.2 Å². The predicted octanol–water partition coefficient (Wildman–Crippen LogP) is 3.09. The highest BCUT2D eigenvalue weighted by Gasteiger charge is 2.09. The van der Waals surface area contributed by atoms with Gasteiger partial charge in [-0.05, 0) is 29.7 Å². The van der Waals surface area contributed by atoms with Crippen molar-refractivity contribution < 1.29 is 13.9 Å². The summed E-state index contributed by atoms with van der Waals surface area (Å²) in [5.41, 5.74) is 1.82. The van der Waals surface area contributed by atoms with Crippen LogP contribution in [0.1, 0.15) is 31.9 Å². The van der Waals surface area contributed by atoms with Gasteiger partial charge in [-0.1, -0.05) is 19.9 Å². The average Bonchev–Trinajstić information content (AvgIpc) is 2.26. The molecular weight excluding hydrogens is 207 g/mol. The van der Waals surface area contributed by atoms with Crippen LogP contribution in [0.4, 0.5) is 4.39 Å². The molecule has 1 aromatic carbocycles. The molecule has 1 radical (unpaired) electrons. The van der Waals surface area contributed by atoms with Gasteiger partial charge >= 0.3 is 5.97 Å². The molecule has 16 heavy (non-hydrogen) atoms. The molecule has 87 valence electrons. The van der Waals surface area contributed by atoms with E-state index in [2.05, 4.69) is 0 Å². The first-order chi connectivity index (χ1) is 7.56. The summed E-state index contributed by atoms with van der Waals surface area (Å²) >= 11 is 0. The number of alkyl halides is 1. The van der Waals surface area contributed by atoms with Crippen molar-refractivity contribution in [3.8, 4) is 5.75 Å². The number of benzene rings is 1. The number of aryl methyl sites for hydroxylation is 1. The third-order valence-electron chi connectivity index (χ3n) is 2.33. The lowest BCUT2D eigenvalue weighted by molar-refractivity contribution is -0.131. The van der Waals surface area contributed by atoms with Gasteiger partial charge in [0.25, 0.3) is 0 Å². The fourth-order valence-electron chi connectivity index (χ4n) is 1.41. The van der Waals surface area contributed by atoms with E-state index in [-0.39, 0.29) is 5.97 Å². The highest BCUT2D eigenvalue weighted by molar-refractivity contribution is 5.69. The fourth-order valence-corrected chi connectivity index (χ4v) is 1.41. The summed E-state index contributed by atoms with van der Waals surface area (Å²) in [6, 6.07) is 5.41. The Bertz CT molecular complexity index is 374. The van der Waals surface area contributed by atoms with Crippen LogP contribution in [0.2, 0.25) is 0 Å². The van der Waals surface area contributed by atoms with Gasteiger partial charge in [0, 0.05) is 12.8 Å². The Hall–Kier alpha value is -1.38. The van der Waals surface area contributed by atoms with Crippen molar-refractivity contribution in [1.82, 2.24) is 0 Å². The second kappa shape index (κ2) is 5.64. The highest BCUT2D eigenvalue weighted by Crippen LogP contribution is 2.23. The number of ether oxygens (including phenoxy) is 1. The first kappa shape index (κ1) is 12.7. The first-order valence-electron chi connectivity index (χ1n) is 5.28. The molecule has 0 N–H and O–H groups in total. The van der Waals surface area contributed by atoms with Crippen LogP contribution in [0.15, 0.2) is 18.2 Å². The van der Waals surface area contributed by atoms with Crippen molar-refractivity contribution in [2.45, 2.75) is 27.2 Å².